The Morgan fingerprint density at radius 2 is 2.00 bits per heavy atom. The predicted octanol–water partition coefficient (Wildman–Crippen LogP) is 5.44. The molecule has 27 heavy (non-hydrogen) atoms. The van der Waals surface area contributed by atoms with Crippen LogP contribution < -0.4 is 0 Å². The lowest BCUT2D eigenvalue weighted by Crippen LogP contribution is -2.00. The number of aromatic carboxylic acids is 1. The molecule has 4 aromatic rings. The average Bonchev–Trinajstić information content (AvgIpc) is 3.39. The monoisotopic (exact) mass is 379 g/mol. The third kappa shape index (κ3) is 3.40. The molecule has 0 amide bonds. The van der Waals surface area contributed by atoms with Gasteiger partial charge in [0, 0.05) is 30.3 Å². The van der Waals surface area contributed by atoms with Crippen LogP contribution in [0, 0.1) is 0 Å². The van der Waals surface area contributed by atoms with Crippen LogP contribution in [-0.4, -0.2) is 25.2 Å². The molecule has 0 saturated heterocycles. The molecule has 0 aliphatic carbocycles. The van der Waals surface area contributed by atoms with E-state index in [2.05, 4.69) is 46.8 Å². The van der Waals surface area contributed by atoms with Crippen LogP contribution in [0.1, 0.15) is 35.9 Å². The summed E-state index contributed by atoms with van der Waals surface area (Å²) in [7, 11) is 0. The molecule has 0 bridgehead atoms. The number of benzene rings is 1. The highest BCUT2D eigenvalue weighted by Crippen LogP contribution is 2.34. The molecular weight excluding hydrogens is 358 g/mol. The van der Waals surface area contributed by atoms with E-state index in [9.17, 15) is 9.90 Å². The van der Waals surface area contributed by atoms with Crippen molar-refractivity contribution in [3.63, 3.8) is 0 Å². The predicted molar refractivity (Wildman–Crippen MR) is 109 cm³/mol. The fourth-order valence-electron chi connectivity index (χ4n) is 3.36. The largest absolute Gasteiger partial charge is 0.477 e. The SMILES string of the molecule is CCCCCn1c(-c2ccc(-n3ccnc3)cc2)cc2sc(C(=O)O)cc21. The number of thiophene rings is 1. The number of nitrogens with zero attached hydrogens (tertiary/aromatic N) is 3. The molecular formula is C21H21N3O2S. The van der Waals surface area contributed by atoms with Gasteiger partial charge in [0.2, 0.25) is 0 Å². The van der Waals surface area contributed by atoms with Gasteiger partial charge in [-0.2, -0.15) is 0 Å². The van der Waals surface area contributed by atoms with E-state index in [4.69, 9.17) is 0 Å². The summed E-state index contributed by atoms with van der Waals surface area (Å²) in [4.78, 5) is 15.8. The van der Waals surface area contributed by atoms with Crippen LogP contribution >= 0.6 is 11.3 Å². The molecule has 0 radical (unpaired) electrons. The van der Waals surface area contributed by atoms with Gasteiger partial charge in [0.15, 0.2) is 0 Å². The van der Waals surface area contributed by atoms with E-state index in [0.717, 1.165) is 53.0 Å². The third-order valence-electron chi connectivity index (χ3n) is 4.75. The molecule has 6 heteroatoms. The number of carbonyl (C=O) groups is 1. The summed E-state index contributed by atoms with van der Waals surface area (Å²) < 4.78 is 5.26. The van der Waals surface area contributed by atoms with Crippen molar-refractivity contribution in [2.45, 2.75) is 32.7 Å². The van der Waals surface area contributed by atoms with Gasteiger partial charge < -0.3 is 14.2 Å². The number of aromatic nitrogens is 3. The van der Waals surface area contributed by atoms with Crippen molar-refractivity contribution in [2.24, 2.45) is 0 Å². The van der Waals surface area contributed by atoms with Crippen LogP contribution in [-0.2, 0) is 6.54 Å². The van der Waals surface area contributed by atoms with E-state index in [1.807, 2.05) is 10.8 Å². The Labute approximate surface area is 161 Å². The summed E-state index contributed by atoms with van der Waals surface area (Å²) in [6.45, 7) is 3.08. The minimum atomic E-state index is -0.859. The van der Waals surface area contributed by atoms with Crippen LogP contribution in [0.2, 0.25) is 0 Å². The zero-order valence-electron chi connectivity index (χ0n) is 15.1. The number of fused-ring (bicyclic) bond motifs is 1. The average molecular weight is 379 g/mol. The number of carboxylic acid groups (broad SMARTS) is 1. The Morgan fingerprint density at radius 3 is 2.67 bits per heavy atom. The second kappa shape index (κ2) is 7.40. The molecule has 0 spiro atoms. The van der Waals surface area contributed by atoms with E-state index in [0.29, 0.717) is 4.88 Å². The van der Waals surface area contributed by atoms with Crippen molar-refractivity contribution in [3.8, 4) is 16.9 Å². The highest BCUT2D eigenvalue weighted by atomic mass is 32.1. The lowest BCUT2D eigenvalue weighted by Gasteiger charge is -2.11. The Balaban J connectivity index is 1.74. The minimum Gasteiger partial charge on any atom is -0.477 e. The fraction of sp³-hybridized carbons (Fsp3) is 0.238. The van der Waals surface area contributed by atoms with Crippen molar-refractivity contribution >= 4 is 27.5 Å². The minimum absolute atomic E-state index is 0.395. The second-order valence-corrected chi connectivity index (χ2v) is 7.65. The van der Waals surface area contributed by atoms with Gasteiger partial charge in [0.25, 0.3) is 0 Å². The van der Waals surface area contributed by atoms with Gasteiger partial charge in [-0.1, -0.05) is 31.9 Å². The maximum Gasteiger partial charge on any atom is 0.345 e. The van der Waals surface area contributed by atoms with Crippen molar-refractivity contribution in [3.05, 3.63) is 60.0 Å². The standard InChI is InChI=1S/C21H21N3O2S/c1-2-3-4-10-24-17(12-19-18(24)13-20(27-19)21(25)26)15-5-7-16(8-6-15)23-11-9-22-14-23/h5-9,11-14H,2-4,10H2,1H3,(H,25,26). The first kappa shape index (κ1) is 17.5. The highest BCUT2D eigenvalue weighted by molar-refractivity contribution is 7.20. The highest BCUT2D eigenvalue weighted by Gasteiger charge is 2.16. The van der Waals surface area contributed by atoms with Crippen LogP contribution in [0.3, 0.4) is 0 Å². The molecule has 0 saturated carbocycles. The van der Waals surface area contributed by atoms with E-state index >= 15 is 0 Å². The van der Waals surface area contributed by atoms with E-state index in [1.54, 1.807) is 18.6 Å². The van der Waals surface area contributed by atoms with Crippen molar-refractivity contribution in [1.82, 2.24) is 14.1 Å². The van der Waals surface area contributed by atoms with Crippen molar-refractivity contribution < 1.29 is 9.90 Å². The molecule has 0 aliphatic rings. The Morgan fingerprint density at radius 1 is 1.19 bits per heavy atom. The van der Waals surface area contributed by atoms with Gasteiger partial charge in [-0.3, -0.25) is 0 Å². The number of carboxylic acids is 1. The fourth-order valence-corrected chi connectivity index (χ4v) is 4.30. The van der Waals surface area contributed by atoms with Gasteiger partial charge in [-0.25, -0.2) is 9.78 Å². The molecule has 4 rings (SSSR count). The number of hydrogen-bond acceptors (Lipinski definition) is 3. The zero-order valence-corrected chi connectivity index (χ0v) is 15.9. The first-order valence-corrected chi connectivity index (χ1v) is 9.94. The van der Waals surface area contributed by atoms with Crippen LogP contribution in [0.25, 0.3) is 27.2 Å². The molecule has 1 N–H and O–H groups in total. The van der Waals surface area contributed by atoms with E-state index in [1.165, 1.54) is 11.3 Å². The first-order valence-electron chi connectivity index (χ1n) is 9.12. The maximum atomic E-state index is 11.3. The Kier molecular flexibility index (Phi) is 4.81. The van der Waals surface area contributed by atoms with E-state index in [-0.39, 0.29) is 0 Å². The number of rotatable bonds is 7. The number of unbranched alkanes of at least 4 members (excludes halogenated alkanes) is 2. The topological polar surface area (TPSA) is 60.0 Å². The molecule has 138 valence electrons. The quantitative estimate of drug-likeness (QED) is 0.435. The molecule has 0 atom stereocenters. The summed E-state index contributed by atoms with van der Waals surface area (Å²) in [6, 6.07) is 12.3. The zero-order chi connectivity index (χ0) is 18.8. The van der Waals surface area contributed by atoms with Gasteiger partial charge >= 0.3 is 5.97 Å². The van der Waals surface area contributed by atoms with Crippen LogP contribution in [0.15, 0.2) is 55.1 Å². The lowest BCUT2D eigenvalue weighted by molar-refractivity contribution is 0.0702. The van der Waals surface area contributed by atoms with Gasteiger partial charge in [-0.05, 0) is 36.2 Å². The van der Waals surface area contributed by atoms with Gasteiger partial charge in [0.05, 0.1) is 16.5 Å². The lowest BCUT2D eigenvalue weighted by atomic mass is 10.1. The smallest absolute Gasteiger partial charge is 0.345 e. The van der Waals surface area contributed by atoms with Crippen molar-refractivity contribution in [1.29, 1.82) is 0 Å². The number of hydrogen-bond donors (Lipinski definition) is 1. The van der Waals surface area contributed by atoms with Crippen LogP contribution in [0.5, 0.6) is 0 Å². The molecule has 0 fully saturated rings. The third-order valence-corrected chi connectivity index (χ3v) is 5.81. The molecule has 0 aliphatic heterocycles. The first-order chi connectivity index (χ1) is 13.2. The van der Waals surface area contributed by atoms with Crippen LogP contribution in [0.4, 0.5) is 0 Å². The Hall–Kier alpha value is -2.86. The Bertz CT molecular complexity index is 1060. The summed E-state index contributed by atoms with van der Waals surface area (Å²) in [6.07, 6.45) is 8.87. The molecule has 5 nitrogen and oxygen atoms in total. The van der Waals surface area contributed by atoms with Crippen molar-refractivity contribution in [2.75, 3.05) is 0 Å². The molecule has 0 unspecified atom stereocenters. The normalized spacial score (nSPS) is 11.3. The summed E-state index contributed by atoms with van der Waals surface area (Å²) in [5.74, 6) is -0.859. The number of imidazole rings is 1. The van der Waals surface area contributed by atoms with E-state index < -0.39 is 5.97 Å². The summed E-state index contributed by atoms with van der Waals surface area (Å²) in [5.41, 5.74) is 4.36. The van der Waals surface area contributed by atoms with Gasteiger partial charge in [-0.15, -0.1) is 11.3 Å². The second-order valence-electron chi connectivity index (χ2n) is 6.57. The summed E-state index contributed by atoms with van der Waals surface area (Å²) in [5, 5.41) is 9.31. The molecule has 1 aromatic carbocycles. The molecule has 3 aromatic heterocycles. The van der Waals surface area contributed by atoms with Gasteiger partial charge in [0.1, 0.15) is 4.88 Å². The molecule has 3 heterocycles. The maximum absolute atomic E-state index is 11.3. The number of aryl methyl sites for hydroxylation is 1. The summed E-state index contributed by atoms with van der Waals surface area (Å²) >= 11 is 1.34.